The van der Waals surface area contributed by atoms with E-state index in [2.05, 4.69) is 46.8 Å². The molecule has 0 aliphatic carbocycles. The Balaban J connectivity index is 0. The normalized spacial score (nSPS) is 10.8. The van der Waals surface area contributed by atoms with E-state index in [1.807, 2.05) is 6.07 Å². The van der Waals surface area contributed by atoms with Gasteiger partial charge in [-0.05, 0) is 0 Å². The molecule has 1 atom stereocenters. The molecule has 0 aliphatic heterocycles. The van der Waals surface area contributed by atoms with Crippen molar-refractivity contribution in [1.82, 2.24) is 0 Å². The number of hydrogen-bond donors (Lipinski definition) is 0. The van der Waals surface area contributed by atoms with Gasteiger partial charge in [-0.15, -0.1) is 0 Å². The summed E-state index contributed by atoms with van der Waals surface area (Å²) in [6.07, 6.45) is 0. The van der Waals surface area contributed by atoms with Crippen LogP contribution in [0.1, 0.15) is 0 Å². The summed E-state index contributed by atoms with van der Waals surface area (Å²) in [5.41, 5.74) is 0. The molecular weight excluding hydrogens is 213 g/mol. The van der Waals surface area contributed by atoms with Crippen LogP contribution in [-0.2, 0) is 0 Å². The van der Waals surface area contributed by atoms with Crippen LogP contribution in [0.3, 0.4) is 0 Å². The van der Waals surface area contributed by atoms with Gasteiger partial charge in [-0.3, -0.25) is 0 Å². The van der Waals surface area contributed by atoms with Crippen molar-refractivity contribution in [3.05, 3.63) is 30.3 Å². The number of benzene rings is 1. The van der Waals surface area contributed by atoms with Crippen LogP contribution in [0.4, 0.5) is 0 Å². The standard InChI is InChI=1S/C7H8P.Al.2ClH/c1-8-7-5-3-2-4-6-7;;;/h2-6H,1H3;;2*1H/q-1;+3;;/p-2. The molecule has 58 valence electrons. The Kier molecular flexibility index (Phi) is 9.63. The number of hydrogen-bond acceptors (Lipinski definition) is 0. The Hall–Kier alpha value is 0.762. The fourth-order valence-corrected chi connectivity index (χ4v) is 1.82. The molecular formula is C7H8AlCl2P. The second kappa shape index (κ2) is 7.41. The first kappa shape index (κ1) is 14.3. The maximum absolute atomic E-state index is 2.84. The molecule has 0 amide bonds. The van der Waals surface area contributed by atoms with Gasteiger partial charge in [0.2, 0.25) is 0 Å². The van der Waals surface area contributed by atoms with E-state index < -0.39 is 0 Å². The maximum Gasteiger partial charge on any atom is -1.00 e. The van der Waals surface area contributed by atoms with E-state index in [-0.39, 0.29) is 31.4 Å². The molecule has 1 aromatic carbocycles. The van der Waals surface area contributed by atoms with Crippen LogP contribution in [0.2, 0.25) is 0 Å². The maximum atomic E-state index is 2.84. The summed E-state index contributed by atoms with van der Waals surface area (Å²) in [6.45, 7) is 2.25. The molecule has 0 aliphatic rings. The predicted octanol–water partition coefficient (Wildman–Crippen LogP) is -4.48. The van der Waals surface area contributed by atoms with Gasteiger partial charge < -0.3 is 24.8 Å². The van der Waals surface area contributed by atoms with Gasteiger partial charge in [0.15, 0.2) is 0 Å². The quantitative estimate of drug-likeness (QED) is 0.331. The molecule has 1 rings (SSSR count). The molecule has 0 bridgehead atoms. The van der Waals surface area contributed by atoms with E-state index in [0.29, 0.717) is 0 Å². The minimum absolute atomic E-state index is 0. The zero-order chi connectivity index (χ0) is 6.69. The Bertz CT molecular complexity index is 179. The van der Waals surface area contributed by atoms with Gasteiger partial charge in [-0.25, -0.2) is 0 Å². The fourth-order valence-electron chi connectivity index (χ4n) is 0.663. The molecule has 0 fully saturated rings. The summed E-state index contributed by atoms with van der Waals surface area (Å²) in [4.78, 5) is 0. The first-order chi connectivity index (χ1) is 4.30. The summed E-state index contributed by atoms with van der Waals surface area (Å²) in [6, 6.07) is 10.5. The SMILES string of the molecule is C[P]([Al+2])c1ccccc1.[Cl-].[Cl-]. The Morgan fingerprint density at radius 3 is 1.82 bits per heavy atom. The molecule has 1 unspecified atom stereocenters. The topological polar surface area (TPSA) is 0 Å². The summed E-state index contributed by atoms with van der Waals surface area (Å²) in [5, 5.41) is 1.44. The van der Waals surface area contributed by atoms with Crippen molar-refractivity contribution in [3.8, 4) is 0 Å². The van der Waals surface area contributed by atoms with Crippen molar-refractivity contribution < 1.29 is 24.8 Å². The van der Waals surface area contributed by atoms with E-state index in [9.17, 15) is 0 Å². The van der Waals surface area contributed by atoms with Gasteiger partial charge in [0.1, 0.15) is 0 Å². The molecule has 0 saturated carbocycles. The van der Waals surface area contributed by atoms with Gasteiger partial charge >= 0.3 is 64.7 Å². The van der Waals surface area contributed by atoms with Crippen molar-refractivity contribution in [1.29, 1.82) is 0 Å². The molecule has 11 heavy (non-hydrogen) atoms. The monoisotopic (exact) mass is 220 g/mol. The van der Waals surface area contributed by atoms with Gasteiger partial charge in [-0.2, -0.15) is 0 Å². The summed E-state index contributed by atoms with van der Waals surface area (Å²) < 4.78 is 0. The van der Waals surface area contributed by atoms with Crippen LogP contribution in [-0.4, -0.2) is 22.5 Å². The molecule has 1 aromatic rings. The van der Waals surface area contributed by atoms with Crippen LogP contribution in [0.25, 0.3) is 0 Å². The molecule has 0 saturated heterocycles. The van der Waals surface area contributed by atoms with Gasteiger partial charge in [0, 0.05) is 0 Å². The summed E-state index contributed by atoms with van der Waals surface area (Å²) in [5.74, 6) is 0. The summed E-state index contributed by atoms with van der Waals surface area (Å²) in [7, 11) is 0. The Morgan fingerprint density at radius 1 is 1.09 bits per heavy atom. The third-order valence-corrected chi connectivity index (χ3v) is 3.17. The Morgan fingerprint density at radius 2 is 1.55 bits per heavy atom. The largest absolute Gasteiger partial charge is 1.00 e. The third-order valence-electron chi connectivity index (χ3n) is 1.16. The van der Waals surface area contributed by atoms with Crippen molar-refractivity contribution >= 4 is 27.7 Å². The zero-order valence-corrected chi connectivity index (χ0v) is 9.73. The molecule has 0 aromatic heterocycles. The smallest absolute Gasteiger partial charge is 1.00 e. The van der Waals surface area contributed by atoms with Crippen molar-refractivity contribution in [2.75, 3.05) is 6.66 Å². The Labute approximate surface area is 89.4 Å². The predicted molar refractivity (Wildman–Crippen MR) is 44.7 cm³/mol. The van der Waals surface area contributed by atoms with E-state index in [1.54, 1.807) is 0 Å². The van der Waals surface area contributed by atoms with Gasteiger partial charge in [0.05, 0.1) is 0 Å². The second-order valence-electron chi connectivity index (χ2n) is 1.95. The zero-order valence-electron chi connectivity index (χ0n) is 6.17. The van der Waals surface area contributed by atoms with Gasteiger partial charge in [-0.1, -0.05) is 0 Å². The number of halogens is 2. The fraction of sp³-hybridized carbons (Fsp3) is 0.143. The average molecular weight is 221 g/mol. The minimum atomic E-state index is 0. The third kappa shape index (κ3) is 5.07. The van der Waals surface area contributed by atoms with Crippen LogP contribution in [0.15, 0.2) is 30.3 Å². The first-order valence-electron chi connectivity index (χ1n) is 2.84. The summed E-state index contributed by atoms with van der Waals surface area (Å²) >= 11 is 2.84. The van der Waals surface area contributed by atoms with E-state index >= 15 is 0 Å². The average Bonchev–Trinajstić information content (AvgIpc) is 1.90. The van der Waals surface area contributed by atoms with E-state index in [1.165, 1.54) is 5.30 Å². The molecule has 0 radical (unpaired) electrons. The van der Waals surface area contributed by atoms with Crippen molar-refractivity contribution in [3.63, 3.8) is 0 Å². The number of rotatable bonds is 1. The van der Waals surface area contributed by atoms with E-state index in [0.717, 1.165) is 0 Å². The van der Waals surface area contributed by atoms with Crippen molar-refractivity contribution in [2.45, 2.75) is 0 Å². The van der Waals surface area contributed by atoms with Crippen LogP contribution in [0.5, 0.6) is 0 Å². The molecule has 0 spiro atoms. The van der Waals surface area contributed by atoms with Crippen LogP contribution >= 0.6 is 6.57 Å². The van der Waals surface area contributed by atoms with Crippen LogP contribution in [0, 0.1) is 0 Å². The first-order valence-corrected chi connectivity index (χ1v) is 6.25. The van der Waals surface area contributed by atoms with Gasteiger partial charge in [0.25, 0.3) is 0 Å². The van der Waals surface area contributed by atoms with Crippen molar-refractivity contribution in [2.24, 2.45) is 0 Å². The molecule has 0 nitrogen and oxygen atoms in total. The minimum Gasteiger partial charge on any atom is -1.00 e. The second-order valence-corrected chi connectivity index (χ2v) is 6.01. The molecule has 0 N–H and O–H groups in total. The molecule has 4 heteroatoms. The molecule has 0 heterocycles. The van der Waals surface area contributed by atoms with Crippen LogP contribution < -0.4 is 30.1 Å². The van der Waals surface area contributed by atoms with E-state index in [4.69, 9.17) is 0 Å².